The fourth-order valence-electron chi connectivity index (χ4n) is 4.30. The van der Waals surface area contributed by atoms with Gasteiger partial charge in [0.2, 0.25) is 0 Å². The minimum Gasteiger partial charge on any atom is -0.477 e. The summed E-state index contributed by atoms with van der Waals surface area (Å²) in [6.45, 7) is 6.04. The second kappa shape index (κ2) is 8.50. The van der Waals surface area contributed by atoms with Gasteiger partial charge in [-0.25, -0.2) is 14.2 Å². The number of hydrogen-bond acceptors (Lipinski definition) is 4. The maximum Gasteiger partial charge on any atom is 0.354 e. The van der Waals surface area contributed by atoms with Crippen LogP contribution < -0.4 is 10.1 Å². The highest BCUT2D eigenvalue weighted by Crippen LogP contribution is 2.30. The fraction of sp³-hybridized carbons (Fsp3) is 0.148. The summed E-state index contributed by atoms with van der Waals surface area (Å²) in [7, 11) is 0. The molecule has 0 atom stereocenters. The van der Waals surface area contributed by atoms with E-state index in [1.807, 2.05) is 39.0 Å². The van der Waals surface area contributed by atoms with Crippen LogP contribution in [0.1, 0.15) is 21.0 Å². The van der Waals surface area contributed by atoms with Gasteiger partial charge in [-0.3, -0.25) is 0 Å². The summed E-state index contributed by atoms with van der Waals surface area (Å²) < 4.78 is 18.0. The first-order valence-electron chi connectivity index (χ1n) is 10.9. The van der Waals surface area contributed by atoms with Gasteiger partial charge < -0.3 is 5.11 Å². The number of hydrogen-bond donors (Lipinski definition) is 1. The molecule has 0 saturated heterocycles. The van der Waals surface area contributed by atoms with Crippen LogP contribution in [0.4, 0.5) is 4.39 Å². The van der Waals surface area contributed by atoms with Crippen molar-refractivity contribution in [3.63, 3.8) is 0 Å². The Kier molecular flexibility index (Phi) is 5.49. The maximum absolute atomic E-state index is 14.7. The maximum atomic E-state index is 14.7. The Balaban J connectivity index is 1.76. The first kappa shape index (κ1) is 22.0. The third kappa shape index (κ3) is 3.78. The van der Waals surface area contributed by atoms with Crippen molar-refractivity contribution in [2.24, 2.45) is 0 Å². The molecule has 0 unspecified atom stereocenters. The lowest BCUT2D eigenvalue weighted by Gasteiger charge is -2.12. The number of aromatic nitrogens is 3. The molecule has 0 amide bonds. The molecule has 0 saturated carbocycles. The van der Waals surface area contributed by atoms with Crippen molar-refractivity contribution in [2.75, 3.05) is 0 Å². The lowest BCUT2D eigenvalue weighted by Crippen LogP contribution is -2.41. The SMILES string of the molecule is Cc1ccc(-c2cccc(-c3c(O)[n+](Cc4cnc(C)s4)c4c(C)cccn4c3=O)c2)c(F)c1. The Morgan fingerprint density at radius 3 is 2.59 bits per heavy atom. The smallest absolute Gasteiger partial charge is 0.354 e. The highest BCUT2D eigenvalue weighted by Gasteiger charge is 2.27. The molecule has 0 radical (unpaired) electrons. The average molecular weight is 473 g/mol. The third-order valence-electron chi connectivity index (χ3n) is 5.90. The van der Waals surface area contributed by atoms with Crippen molar-refractivity contribution in [3.8, 4) is 28.1 Å². The van der Waals surface area contributed by atoms with Crippen molar-refractivity contribution >= 4 is 17.0 Å². The normalized spacial score (nSPS) is 11.3. The molecule has 3 heterocycles. The number of benzene rings is 2. The second-order valence-electron chi connectivity index (χ2n) is 8.38. The molecule has 2 aromatic carbocycles. The van der Waals surface area contributed by atoms with Gasteiger partial charge in [0.15, 0.2) is 5.56 Å². The van der Waals surface area contributed by atoms with Crippen LogP contribution in [-0.2, 0) is 6.54 Å². The molecule has 0 aliphatic heterocycles. The van der Waals surface area contributed by atoms with Crippen molar-refractivity contribution in [1.29, 1.82) is 0 Å². The molecule has 0 bridgehead atoms. The number of thiazole rings is 1. The number of nitrogens with zero attached hydrogens (tertiary/aromatic N) is 3. The van der Waals surface area contributed by atoms with Gasteiger partial charge in [0.1, 0.15) is 12.4 Å². The fourth-order valence-corrected chi connectivity index (χ4v) is 5.08. The summed E-state index contributed by atoms with van der Waals surface area (Å²) in [6, 6.07) is 15.8. The number of fused-ring (bicyclic) bond motifs is 1. The topological polar surface area (TPSA) is 58.5 Å². The summed E-state index contributed by atoms with van der Waals surface area (Å²) in [5, 5.41) is 12.4. The summed E-state index contributed by atoms with van der Waals surface area (Å²) in [5.74, 6) is -0.463. The lowest BCUT2D eigenvalue weighted by atomic mass is 9.98. The first-order valence-corrected chi connectivity index (χ1v) is 11.7. The van der Waals surface area contributed by atoms with Gasteiger partial charge in [-0.2, -0.15) is 8.97 Å². The van der Waals surface area contributed by atoms with E-state index in [4.69, 9.17) is 0 Å². The van der Waals surface area contributed by atoms with E-state index in [0.29, 0.717) is 28.9 Å². The average Bonchev–Trinajstić information content (AvgIpc) is 3.22. The molecule has 0 aliphatic rings. The minimum absolute atomic E-state index is 0.133. The van der Waals surface area contributed by atoms with E-state index in [-0.39, 0.29) is 22.8 Å². The van der Waals surface area contributed by atoms with Crippen LogP contribution >= 0.6 is 11.3 Å². The number of halogens is 1. The van der Waals surface area contributed by atoms with Gasteiger partial charge in [-0.1, -0.05) is 30.3 Å². The monoisotopic (exact) mass is 472 g/mol. The van der Waals surface area contributed by atoms with E-state index in [9.17, 15) is 14.3 Å². The van der Waals surface area contributed by atoms with Crippen LogP contribution in [0.5, 0.6) is 5.88 Å². The van der Waals surface area contributed by atoms with Crippen LogP contribution in [-0.4, -0.2) is 14.5 Å². The Labute approximate surface area is 200 Å². The van der Waals surface area contributed by atoms with Crippen LogP contribution in [0.25, 0.3) is 27.9 Å². The zero-order valence-corrected chi connectivity index (χ0v) is 19.9. The second-order valence-corrected chi connectivity index (χ2v) is 9.70. The minimum atomic E-state index is -0.338. The predicted octanol–water partition coefficient (Wildman–Crippen LogP) is 5.20. The van der Waals surface area contributed by atoms with Crippen molar-refractivity contribution in [3.05, 3.63) is 104 Å². The van der Waals surface area contributed by atoms with Crippen molar-refractivity contribution < 1.29 is 14.1 Å². The molecule has 5 aromatic rings. The van der Waals surface area contributed by atoms with Gasteiger partial charge in [0, 0.05) is 17.3 Å². The van der Waals surface area contributed by atoms with E-state index in [1.54, 1.807) is 63.0 Å². The molecule has 34 heavy (non-hydrogen) atoms. The standard InChI is InChI=1S/C27H22FN3O2S/c1-16-9-10-22(23(28)12-16)19-7-4-8-20(13-19)24-26(32)30-11-5-6-17(2)25(30)31(27(24)33)15-21-14-29-18(3)34-21/h4-14H,15H2,1-3H3/p+1. The summed E-state index contributed by atoms with van der Waals surface area (Å²) in [6.07, 6.45) is 3.48. The zero-order valence-electron chi connectivity index (χ0n) is 19.0. The molecular weight excluding hydrogens is 449 g/mol. The van der Waals surface area contributed by atoms with E-state index >= 15 is 0 Å². The number of pyridine rings is 1. The Morgan fingerprint density at radius 1 is 1.06 bits per heavy atom. The van der Waals surface area contributed by atoms with Crippen LogP contribution in [0, 0.1) is 26.6 Å². The largest absolute Gasteiger partial charge is 0.477 e. The van der Waals surface area contributed by atoms with E-state index in [0.717, 1.165) is 21.0 Å². The van der Waals surface area contributed by atoms with Crippen LogP contribution in [0.3, 0.4) is 0 Å². The molecule has 170 valence electrons. The number of aryl methyl sites for hydroxylation is 3. The molecule has 5 rings (SSSR count). The van der Waals surface area contributed by atoms with Gasteiger partial charge in [-0.05, 0) is 61.7 Å². The highest BCUT2D eigenvalue weighted by molar-refractivity contribution is 7.11. The Morgan fingerprint density at radius 2 is 1.85 bits per heavy atom. The summed E-state index contributed by atoms with van der Waals surface area (Å²) in [4.78, 5) is 18.9. The molecule has 0 fully saturated rings. The van der Waals surface area contributed by atoms with E-state index in [1.165, 1.54) is 6.07 Å². The first-order chi connectivity index (χ1) is 16.3. The van der Waals surface area contributed by atoms with Gasteiger partial charge >= 0.3 is 5.56 Å². The summed E-state index contributed by atoms with van der Waals surface area (Å²) >= 11 is 1.54. The molecule has 3 aromatic heterocycles. The highest BCUT2D eigenvalue weighted by atomic mass is 32.1. The van der Waals surface area contributed by atoms with Crippen LogP contribution in [0.15, 0.2) is 71.8 Å². The molecule has 5 nitrogen and oxygen atoms in total. The number of aromatic hydroxyl groups is 1. The van der Waals surface area contributed by atoms with Gasteiger partial charge in [0.05, 0.1) is 16.1 Å². The molecular formula is C27H23FN3O2S+. The molecule has 0 spiro atoms. The van der Waals surface area contributed by atoms with Crippen LogP contribution in [0.2, 0.25) is 0 Å². The Bertz CT molecular complexity index is 1620. The zero-order chi connectivity index (χ0) is 24.0. The quantitative estimate of drug-likeness (QED) is 0.366. The van der Waals surface area contributed by atoms with Gasteiger partial charge in [-0.15, -0.1) is 11.3 Å². The van der Waals surface area contributed by atoms with Gasteiger partial charge in [0.25, 0.3) is 11.5 Å². The number of rotatable bonds is 4. The van der Waals surface area contributed by atoms with E-state index < -0.39 is 0 Å². The third-order valence-corrected chi connectivity index (χ3v) is 6.80. The van der Waals surface area contributed by atoms with E-state index in [2.05, 4.69) is 4.98 Å². The molecule has 1 N–H and O–H groups in total. The van der Waals surface area contributed by atoms with Crippen molar-refractivity contribution in [1.82, 2.24) is 9.38 Å². The Hall–Kier alpha value is -3.84. The van der Waals surface area contributed by atoms with Crippen molar-refractivity contribution in [2.45, 2.75) is 27.3 Å². The summed E-state index contributed by atoms with van der Waals surface area (Å²) in [5.41, 5.74) is 3.72. The lowest BCUT2D eigenvalue weighted by molar-refractivity contribution is -0.671. The molecule has 0 aliphatic carbocycles. The molecule has 7 heteroatoms. The predicted molar refractivity (Wildman–Crippen MR) is 132 cm³/mol.